The third-order valence-electron chi connectivity index (χ3n) is 0. The van der Waals surface area contributed by atoms with E-state index in [1.165, 1.54) is 0 Å². The first-order chi connectivity index (χ1) is 1.73. The summed E-state index contributed by atoms with van der Waals surface area (Å²) in [6.45, 7) is 0. The SMILES string of the molecule is O=[N+]([O-])[O-].S.[Na+]. The van der Waals surface area contributed by atoms with E-state index in [1.807, 2.05) is 0 Å². The molecule has 0 aliphatic rings. The van der Waals surface area contributed by atoms with Gasteiger partial charge in [0.25, 0.3) is 0 Å². The summed E-state index contributed by atoms with van der Waals surface area (Å²) in [6, 6.07) is 0. The van der Waals surface area contributed by atoms with E-state index in [4.69, 9.17) is 15.3 Å². The van der Waals surface area contributed by atoms with Crippen molar-refractivity contribution in [3.63, 3.8) is 0 Å². The third kappa shape index (κ3) is 190. The Hall–Kier alpha value is 0.550. The fourth-order valence-electron chi connectivity index (χ4n) is 0. The molecule has 0 unspecified atom stereocenters. The van der Waals surface area contributed by atoms with Crippen molar-refractivity contribution in [1.82, 2.24) is 0 Å². The van der Waals surface area contributed by atoms with Gasteiger partial charge in [-0.25, -0.2) is 0 Å². The minimum Gasteiger partial charge on any atom is -0.356 e. The molecule has 6 heteroatoms. The van der Waals surface area contributed by atoms with Crippen LogP contribution in [-0.2, 0) is 0 Å². The Morgan fingerprint density at radius 1 is 1.33 bits per heavy atom. The molecule has 0 fully saturated rings. The summed E-state index contributed by atoms with van der Waals surface area (Å²) in [5, 5.41) is 14.8. The van der Waals surface area contributed by atoms with Gasteiger partial charge in [-0.15, -0.1) is 0 Å². The normalized spacial score (nSPS) is 4.00. The predicted molar refractivity (Wildman–Crippen MR) is 20.7 cm³/mol. The monoisotopic (exact) mass is 119 g/mol. The minimum atomic E-state index is -1.75. The topological polar surface area (TPSA) is 66.2 Å². The molecule has 0 saturated carbocycles. The van der Waals surface area contributed by atoms with E-state index >= 15 is 0 Å². The van der Waals surface area contributed by atoms with Gasteiger partial charge < -0.3 is 15.3 Å². The molecular formula is H2NNaO3S. The largest absolute Gasteiger partial charge is 1.00 e. The van der Waals surface area contributed by atoms with Gasteiger partial charge in [0.2, 0.25) is 0 Å². The van der Waals surface area contributed by atoms with Gasteiger partial charge in [0.15, 0.2) is 0 Å². The first-order valence-electron chi connectivity index (χ1n) is 0.548. The number of nitrogens with zero attached hydrogens (tertiary/aromatic N) is 1. The number of rotatable bonds is 0. The molecular weight excluding hydrogens is 117 g/mol. The molecule has 0 rings (SSSR count). The maximum absolute atomic E-state index is 8.25. The maximum atomic E-state index is 8.25. The zero-order valence-electron chi connectivity index (χ0n) is 3.17. The fourth-order valence-corrected chi connectivity index (χ4v) is 0. The molecule has 0 heterocycles. The minimum absolute atomic E-state index is 0. The van der Waals surface area contributed by atoms with Crippen molar-refractivity contribution >= 4 is 13.5 Å². The van der Waals surface area contributed by atoms with Crippen molar-refractivity contribution in [1.29, 1.82) is 0 Å². The molecule has 4 nitrogen and oxygen atoms in total. The molecule has 0 N–H and O–H groups in total. The van der Waals surface area contributed by atoms with E-state index in [-0.39, 0.29) is 43.1 Å². The average Bonchev–Trinajstić information content (AvgIpc) is 0.811. The van der Waals surface area contributed by atoms with E-state index in [9.17, 15) is 0 Å². The molecule has 0 aliphatic carbocycles. The molecule has 0 bridgehead atoms. The van der Waals surface area contributed by atoms with Crippen LogP contribution in [-0.4, -0.2) is 5.09 Å². The van der Waals surface area contributed by atoms with Crippen LogP contribution >= 0.6 is 13.5 Å². The van der Waals surface area contributed by atoms with Crippen LogP contribution in [0.5, 0.6) is 0 Å². The summed E-state index contributed by atoms with van der Waals surface area (Å²) < 4.78 is 0. The van der Waals surface area contributed by atoms with Crippen LogP contribution in [0.15, 0.2) is 0 Å². The summed E-state index contributed by atoms with van der Waals surface area (Å²) in [6.07, 6.45) is 0. The van der Waals surface area contributed by atoms with Crippen molar-refractivity contribution in [2.24, 2.45) is 0 Å². The van der Waals surface area contributed by atoms with Crippen molar-refractivity contribution in [3.05, 3.63) is 15.3 Å². The summed E-state index contributed by atoms with van der Waals surface area (Å²) in [4.78, 5) is 8.25. The molecule has 6 heavy (non-hydrogen) atoms. The molecule has 32 valence electrons. The smallest absolute Gasteiger partial charge is 0.356 e. The third-order valence-corrected chi connectivity index (χ3v) is 0. The molecule has 0 aromatic heterocycles. The number of hydrogen-bond acceptors (Lipinski definition) is 3. The van der Waals surface area contributed by atoms with E-state index in [0.717, 1.165) is 0 Å². The van der Waals surface area contributed by atoms with Crippen molar-refractivity contribution in [2.75, 3.05) is 0 Å². The summed E-state index contributed by atoms with van der Waals surface area (Å²) in [5.41, 5.74) is 0. The standard InChI is InChI=1S/NO3.Na.H2S/c2-1(3)4;;/h;;1H2/q-1;+1;. The van der Waals surface area contributed by atoms with Crippen LogP contribution in [0, 0.1) is 15.3 Å². The molecule has 0 aliphatic heterocycles. The zero-order chi connectivity index (χ0) is 3.58. The van der Waals surface area contributed by atoms with Gasteiger partial charge in [-0.1, -0.05) is 0 Å². The van der Waals surface area contributed by atoms with E-state index in [1.54, 1.807) is 0 Å². The van der Waals surface area contributed by atoms with Crippen LogP contribution in [0.3, 0.4) is 0 Å². The second-order valence-electron chi connectivity index (χ2n) is 0.224. The van der Waals surface area contributed by atoms with Gasteiger partial charge in [-0.3, -0.25) is 0 Å². The Labute approximate surface area is 63.4 Å². The predicted octanol–water partition coefficient (Wildman–Crippen LogP) is -3.12. The van der Waals surface area contributed by atoms with Gasteiger partial charge in [0.05, 0.1) is 5.09 Å². The van der Waals surface area contributed by atoms with Crippen LogP contribution < -0.4 is 29.6 Å². The van der Waals surface area contributed by atoms with E-state index < -0.39 is 5.09 Å². The van der Waals surface area contributed by atoms with Crippen LogP contribution in [0.2, 0.25) is 0 Å². The summed E-state index contributed by atoms with van der Waals surface area (Å²) in [7, 11) is 0. The molecule has 0 radical (unpaired) electrons. The van der Waals surface area contributed by atoms with Crippen molar-refractivity contribution in [3.8, 4) is 0 Å². The second kappa shape index (κ2) is 9.12. The molecule has 0 spiro atoms. The molecule has 0 aromatic rings. The van der Waals surface area contributed by atoms with Crippen molar-refractivity contribution < 1.29 is 34.6 Å². The number of hydrogen-bond donors (Lipinski definition) is 0. The Balaban J connectivity index is -0.0000000450. The fraction of sp³-hybridized carbons (Fsp3) is 0. The first-order valence-corrected chi connectivity index (χ1v) is 0.548. The quantitative estimate of drug-likeness (QED) is 0.192. The Morgan fingerprint density at radius 2 is 1.33 bits per heavy atom. The Morgan fingerprint density at radius 3 is 1.33 bits per heavy atom. The van der Waals surface area contributed by atoms with Gasteiger partial charge in [0, 0.05) is 0 Å². The van der Waals surface area contributed by atoms with E-state index in [0.29, 0.717) is 0 Å². The average molecular weight is 119 g/mol. The molecule has 0 amide bonds. The second-order valence-corrected chi connectivity index (χ2v) is 0.224. The van der Waals surface area contributed by atoms with Crippen LogP contribution in [0.25, 0.3) is 0 Å². The van der Waals surface area contributed by atoms with Gasteiger partial charge in [-0.05, 0) is 0 Å². The first kappa shape index (κ1) is 16.0. The van der Waals surface area contributed by atoms with Crippen molar-refractivity contribution in [2.45, 2.75) is 0 Å². The Kier molecular flexibility index (Phi) is 24.3. The summed E-state index contributed by atoms with van der Waals surface area (Å²) >= 11 is 0. The zero-order valence-corrected chi connectivity index (χ0v) is 6.17. The van der Waals surface area contributed by atoms with Gasteiger partial charge in [0.1, 0.15) is 0 Å². The van der Waals surface area contributed by atoms with Crippen LogP contribution in [0.1, 0.15) is 0 Å². The molecule has 0 atom stereocenters. The molecule has 0 aromatic carbocycles. The van der Waals surface area contributed by atoms with E-state index in [2.05, 4.69) is 0 Å². The summed E-state index contributed by atoms with van der Waals surface area (Å²) in [5.74, 6) is 0. The van der Waals surface area contributed by atoms with Gasteiger partial charge in [-0.2, -0.15) is 13.5 Å². The maximum Gasteiger partial charge on any atom is 1.00 e. The van der Waals surface area contributed by atoms with Crippen LogP contribution in [0.4, 0.5) is 0 Å². The van der Waals surface area contributed by atoms with Gasteiger partial charge >= 0.3 is 29.6 Å². The molecule has 0 saturated heterocycles. The Bertz CT molecular complexity index is 33.8.